The number of phenols is 1. The second kappa shape index (κ2) is 4.76. The van der Waals surface area contributed by atoms with Crippen molar-refractivity contribution in [2.75, 3.05) is 6.54 Å². The van der Waals surface area contributed by atoms with Crippen LogP contribution in [0.4, 0.5) is 17.6 Å². The first-order valence-electron chi connectivity index (χ1n) is 5.73. The van der Waals surface area contributed by atoms with Gasteiger partial charge < -0.3 is 10.4 Å². The van der Waals surface area contributed by atoms with Crippen LogP contribution in [-0.4, -0.2) is 11.7 Å². The van der Waals surface area contributed by atoms with Crippen LogP contribution in [0.3, 0.4) is 0 Å². The van der Waals surface area contributed by atoms with Gasteiger partial charge in [0.25, 0.3) is 0 Å². The Kier molecular flexibility index (Phi) is 3.47. The molecule has 0 saturated carbocycles. The Bertz CT molecular complexity index is 438. The fourth-order valence-electron chi connectivity index (χ4n) is 2.28. The number of nitrogens with one attached hydrogen (secondary N) is 1. The molecule has 2 rings (SSSR count). The Balaban J connectivity index is 2.50. The van der Waals surface area contributed by atoms with Gasteiger partial charge in [-0.05, 0) is 31.5 Å². The van der Waals surface area contributed by atoms with Gasteiger partial charge in [-0.3, -0.25) is 0 Å². The van der Waals surface area contributed by atoms with Crippen LogP contribution in [0.25, 0.3) is 0 Å². The number of hydrogen-bond donors (Lipinski definition) is 2. The SMILES string of the molecule is Oc1c(F)ccc(C(F)(F)F)c1[C@H]1CCCCN1. The smallest absolute Gasteiger partial charge is 0.416 e. The molecule has 0 radical (unpaired) electrons. The maximum Gasteiger partial charge on any atom is 0.416 e. The fraction of sp³-hybridized carbons (Fsp3) is 0.500. The summed E-state index contributed by atoms with van der Waals surface area (Å²) in [6.07, 6.45) is -2.52. The summed E-state index contributed by atoms with van der Waals surface area (Å²) in [6.45, 7) is 0.567. The first-order valence-corrected chi connectivity index (χ1v) is 5.73. The summed E-state index contributed by atoms with van der Waals surface area (Å²) in [6, 6.07) is 0.677. The molecule has 100 valence electrons. The third-order valence-corrected chi connectivity index (χ3v) is 3.13. The lowest BCUT2D eigenvalue weighted by molar-refractivity contribution is -0.138. The van der Waals surface area contributed by atoms with E-state index in [2.05, 4.69) is 5.32 Å². The molecule has 1 saturated heterocycles. The predicted octanol–water partition coefficient (Wildman–Crippen LogP) is 3.36. The zero-order valence-electron chi connectivity index (χ0n) is 9.52. The van der Waals surface area contributed by atoms with Crippen LogP contribution in [0, 0.1) is 5.82 Å². The first kappa shape index (κ1) is 13.1. The van der Waals surface area contributed by atoms with Crippen molar-refractivity contribution in [1.29, 1.82) is 0 Å². The van der Waals surface area contributed by atoms with Crippen LogP contribution in [0.2, 0.25) is 0 Å². The molecule has 0 aliphatic carbocycles. The second-order valence-corrected chi connectivity index (χ2v) is 4.36. The first-order chi connectivity index (χ1) is 8.41. The molecular formula is C12H13F4NO. The van der Waals surface area contributed by atoms with Crippen molar-refractivity contribution in [3.05, 3.63) is 29.1 Å². The maximum atomic E-state index is 13.3. The summed E-state index contributed by atoms with van der Waals surface area (Å²) in [5, 5.41) is 12.5. The lowest BCUT2D eigenvalue weighted by Gasteiger charge is -2.27. The Morgan fingerprint density at radius 1 is 1.22 bits per heavy atom. The van der Waals surface area contributed by atoms with Crippen molar-refractivity contribution in [2.45, 2.75) is 31.5 Å². The monoisotopic (exact) mass is 263 g/mol. The Hall–Kier alpha value is -1.30. The molecule has 0 amide bonds. The van der Waals surface area contributed by atoms with Gasteiger partial charge in [0.15, 0.2) is 11.6 Å². The Morgan fingerprint density at radius 2 is 1.94 bits per heavy atom. The standard InChI is InChI=1S/C12H13F4NO/c13-8-5-4-7(12(14,15)16)10(11(8)18)9-3-1-2-6-17-9/h4-5,9,17-18H,1-3,6H2/t9-/m1/s1. The maximum absolute atomic E-state index is 13.3. The van der Waals surface area contributed by atoms with Gasteiger partial charge in [-0.1, -0.05) is 6.42 Å². The molecule has 6 heteroatoms. The minimum atomic E-state index is -4.60. The van der Waals surface area contributed by atoms with Gasteiger partial charge in [-0.2, -0.15) is 13.2 Å². The number of hydrogen-bond acceptors (Lipinski definition) is 2. The van der Waals surface area contributed by atoms with E-state index in [1.54, 1.807) is 0 Å². The molecule has 1 aliphatic heterocycles. The number of piperidine rings is 1. The third kappa shape index (κ3) is 2.43. The van der Waals surface area contributed by atoms with E-state index in [9.17, 15) is 22.7 Å². The molecule has 2 nitrogen and oxygen atoms in total. The topological polar surface area (TPSA) is 32.3 Å². The largest absolute Gasteiger partial charge is 0.505 e. The van der Waals surface area contributed by atoms with Gasteiger partial charge in [0.1, 0.15) is 0 Å². The fourth-order valence-corrected chi connectivity index (χ4v) is 2.28. The average molecular weight is 263 g/mol. The number of benzene rings is 1. The van der Waals surface area contributed by atoms with Gasteiger partial charge in [0.2, 0.25) is 0 Å². The zero-order valence-corrected chi connectivity index (χ0v) is 9.52. The van der Waals surface area contributed by atoms with Crippen molar-refractivity contribution in [3.8, 4) is 5.75 Å². The number of alkyl halides is 3. The summed E-state index contributed by atoms with van der Waals surface area (Å²) >= 11 is 0. The van der Waals surface area contributed by atoms with Crippen molar-refractivity contribution in [2.24, 2.45) is 0 Å². The number of halogens is 4. The molecule has 0 bridgehead atoms. The van der Waals surface area contributed by atoms with E-state index in [0.29, 0.717) is 25.1 Å². The molecule has 1 fully saturated rings. The molecular weight excluding hydrogens is 250 g/mol. The van der Waals surface area contributed by atoms with Crippen molar-refractivity contribution < 1.29 is 22.7 Å². The van der Waals surface area contributed by atoms with E-state index in [4.69, 9.17) is 0 Å². The second-order valence-electron chi connectivity index (χ2n) is 4.36. The number of rotatable bonds is 1. The highest BCUT2D eigenvalue weighted by atomic mass is 19.4. The molecule has 0 spiro atoms. The molecule has 1 aromatic carbocycles. The predicted molar refractivity (Wildman–Crippen MR) is 57.7 cm³/mol. The Morgan fingerprint density at radius 3 is 2.50 bits per heavy atom. The molecule has 1 aliphatic rings. The van der Waals surface area contributed by atoms with Crippen LogP contribution in [0.15, 0.2) is 12.1 Å². The van der Waals surface area contributed by atoms with E-state index in [-0.39, 0.29) is 5.56 Å². The van der Waals surface area contributed by atoms with E-state index < -0.39 is 29.3 Å². The molecule has 0 aromatic heterocycles. The molecule has 2 N–H and O–H groups in total. The molecule has 1 atom stereocenters. The van der Waals surface area contributed by atoms with Gasteiger partial charge in [0, 0.05) is 11.6 Å². The van der Waals surface area contributed by atoms with Crippen LogP contribution >= 0.6 is 0 Å². The van der Waals surface area contributed by atoms with Crippen LogP contribution < -0.4 is 5.32 Å². The third-order valence-electron chi connectivity index (χ3n) is 3.13. The highest BCUT2D eigenvalue weighted by Gasteiger charge is 2.37. The van der Waals surface area contributed by atoms with Gasteiger partial charge in [-0.25, -0.2) is 4.39 Å². The van der Waals surface area contributed by atoms with Crippen LogP contribution in [0.5, 0.6) is 5.75 Å². The summed E-state index contributed by atoms with van der Waals surface area (Å²) in [5.74, 6) is -1.92. The van der Waals surface area contributed by atoms with Crippen molar-refractivity contribution >= 4 is 0 Å². The van der Waals surface area contributed by atoms with Crippen molar-refractivity contribution in [3.63, 3.8) is 0 Å². The average Bonchev–Trinajstić information content (AvgIpc) is 2.32. The van der Waals surface area contributed by atoms with E-state index >= 15 is 0 Å². The van der Waals surface area contributed by atoms with Gasteiger partial charge in [-0.15, -0.1) is 0 Å². The van der Waals surface area contributed by atoms with Crippen LogP contribution in [-0.2, 0) is 6.18 Å². The molecule has 0 unspecified atom stereocenters. The highest BCUT2D eigenvalue weighted by Crippen LogP contribution is 2.41. The number of phenolic OH excluding ortho intramolecular Hbond substituents is 1. The van der Waals surface area contributed by atoms with Crippen LogP contribution in [0.1, 0.15) is 36.4 Å². The Labute approximate surface area is 102 Å². The van der Waals surface area contributed by atoms with E-state index in [1.807, 2.05) is 0 Å². The lowest BCUT2D eigenvalue weighted by atomic mass is 9.92. The highest BCUT2D eigenvalue weighted by molar-refractivity contribution is 5.44. The summed E-state index contributed by atoms with van der Waals surface area (Å²) in [7, 11) is 0. The summed E-state index contributed by atoms with van der Waals surface area (Å²) < 4.78 is 51.8. The number of aromatic hydroxyl groups is 1. The van der Waals surface area contributed by atoms with E-state index in [0.717, 1.165) is 12.8 Å². The molecule has 1 heterocycles. The molecule has 18 heavy (non-hydrogen) atoms. The summed E-state index contributed by atoms with van der Waals surface area (Å²) in [4.78, 5) is 0. The zero-order chi connectivity index (χ0) is 13.3. The lowest BCUT2D eigenvalue weighted by Crippen LogP contribution is -2.29. The van der Waals surface area contributed by atoms with Gasteiger partial charge in [0.05, 0.1) is 5.56 Å². The minimum absolute atomic E-state index is 0.373. The minimum Gasteiger partial charge on any atom is -0.505 e. The van der Waals surface area contributed by atoms with Crippen molar-refractivity contribution in [1.82, 2.24) is 5.32 Å². The van der Waals surface area contributed by atoms with Gasteiger partial charge >= 0.3 is 6.18 Å². The quantitative estimate of drug-likeness (QED) is 0.761. The molecule has 1 aromatic rings. The van der Waals surface area contributed by atoms with E-state index in [1.165, 1.54) is 0 Å². The summed E-state index contributed by atoms with van der Waals surface area (Å²) in [5.41, 5.74) is -1.34. The normalized spacial score (nSPS) is 21.0.